The quantitative estimate of drug-likeness (QED) is 0.306. The highest BCUT2D eigenvalue weighted by molar-refractivity contribution is 5.87. The molecule has 0 aliphatic heterocycles. The van der Waals surface area contributed by atoms with Crippen molar-refractivity contribution in [1.29, 1.82) is 0 Å². The number of hydrogen-bond acceptors (Lipinski definition) is 5. The Labute approximate surface area is 170 Å². The molecule has 0 radical (unpaired) electrons. The zero-order valence-corrected chi connectivity index (χ0v) is 16.3. The number of carbonyl (C=O) groups is 1. The molecule has 0 N–H and O–H groups in total. The van der Waals surface area contributed by atoms with Gasteiger partial charge in [-0.15, -0.1) is 0 Å². The van der Waals surface area contributed by atoms with E-state index < -0.39 is 12.3 Å². The second-order valence-electron chi connectivity index (χ2n) is 6.06. The van der Waals surface area contributed by atoms with Gasteiger partial charge in [0.25, 0.3) is 6.29 Å². The lowest BCUT2D eigenvalue weighted by Crippen LogP contribution is -2.15. The first kappa shape index (κ1) is 20.0. The van der Waals surface area contributed by atoms with Crippen LogP contribution in [0.1, 0.15) is 17.4 Å². The monoisotopic (exact) mass is 390 g/mol. The topological polar surface area (TPSA) is 54.0 Å². The number of esters is 1. The molecule has 1 atom stereocenters. The summed E-state index contributed by atoms with van der Waals surface area (Å²) in [6, 6.07) is 23.9. The maximum atomic E-state index is 12.4. The Morgan fingerprint density at radius 2 is 1.48 bits per heavy atom. The molecule has 3 rings (SSSR count). The third-order valence-electron chi connectivity index (χ3n) is 4.10. The van der Waals surface area contributed by atoms with Gasteiger partial charge in [-0.1, -0.05) is 48.5 Å². The van der Waals surface area contributed by atoms with Crippen LogP contribution in [0, 0.1) is 0 Å². The van der Waals surface area contributed by atoms with Crippen molar-refractivity contribution in [2.75, 3.05) is 14.2 Å². The molecule has 0 saturated carbocycles. The Morgan fingerprint density at radius 3 is 2.14 bits per heavy atom. The third kappa shape index (κ3) is 5.62. The molecule has 148 valence electrons. The summed E-state index contributed by atoms with van der Waals surface area (Å²) < 4.78 is 22.1. The average Bonchev–Trinajstić information content (AvgIpc) is 2.78. The second kappa shape index (κ2) is 9.99. The maximum Gasteiger partial charge on any atom is 0.334 e. The molecule has 3 aromatic carbocycles. The van der Waals surface area contributed by atoms with Crippen molar-refractivity contribution in [1.82, 2.24) is 0 Å². The van der Waals surface area contributed by atoms with Crippen LogP contribution in [-0.2, 0) is 9.53 Å². The van der Waals surface area contributed by atoms with E-state index in [-0.39, 0.29) is 0 Å². The van der Waals surface area contributed by atoms with E-state index in [0.29, 0.717) is 22.8 Å². The van der Waals surface area contributed by atoms with Gasteiger partial charge in [-0.25, -0.2) is 4.79 Å². The Kier molecular flexibility index (Phi) is 6.90. The molecule has 0 bridgehead atoms. The molecule has 0 fully saturated rings. The number of para-hydroxylation sites is 1. The molecule has 1 unspecified atom stereocenters. The van der Waals surface area contributed by atoms with E-state index in [1.54, 1.807) is 50.6 Å². The van der Waals surface area contributed by atoms with Crippen LogP contribution in [0.4, 0.5) is 0 Å². The summed E-state index contributed by atoms with van der Waals surface area (Å²) in [4.78, 5) is 12.4. The van der Waals surface area contributed by atoms with Crippen molar-refractivity contribution in [2.45, 2.75) is 6.29 Å². The lowest BCUT2D eigenvalue weighted by Gasteiger charge is -2.20. The van der Waals surface area contributed by atoms with Gasteiger partial charge in [0.1, 0.15) is 5.75 Å². The average molecular weight is 390 g/mol. The summed E-state index contributed by atoms with van der Waals surface area (Å²) in [6.45, 7) is 0. The Balaban J connectivity index is 1.83. The maximum absolute atomic E-state index is 12.4. The second-order valence-corrected chi connectivity index (χ2v) is 6.06. The number of methoxy groups -OCH3 is 2. The number of benzene rings is 3. The van der Waals surface area contributed by atoms with Crippen LogP contribution in [0.15, 0.2) is 84.9 Å². The minimum atomic E-state index is -0.954. The highest BCUT2D eigenvalue weighted by Gasteiger charge is 2.20. The van der Waals surface area contributed by atoms with Crippen LogP contribution in [0.2, 0.25) is 0 Å². The zero-order chi connectivity index (χ0) is 20.5. The first-order valence-corrected chi connectivity index (χ1v) is 9.07. The van der Waals surface area contributed by atoms with E-state index in [4.69, 9.17) is 18.9 Å². The zero-order valence-electron chi connectivity index (χ0n) is 16.3. The highest BCUT2D eigenvalue weighted by Crippen LogP contribution is 2.32. The van der Waals surface area contributed by atoms with Crippen LogP contribution in [0.3, 0.4) is 0 Å². The molecule has 0 heterocycles. The van der Waals surface area contributed by atoms with E-state index in [1.807, 2.05) is 48.5 Å². The number of hydrogen-bond donors (Lipinski definition) is 0. The molecule has 0 spiro atoms. The predicted molar refractivity (Wildman–Crippen MR) is 111 cm³/mol. The fourth-order valence-corrected chi connectivity index (χ4v) is 2.66. The molecule has 5 heteroatoms. The lowest BCUT2D eigenvalue weighted by molar-refractivity contribution is -0.158. The summed E-state index contributed by atoms with van der Waals surface area (Å²) in [7, 11) is 3.10. The highest BCUT2D eigenvalue weighted by atomic mass is 16.7. The van der Waals surface area contributed by atoms with Gasteiger partial charge in [-0.05, 0) is 42.0 Å². The summed E-state index contributed by atoms with van der Waals surface area (Å²) in [5.41, 5.74) is 1.52. The minimum absolute atomic E-state index is 0.516. The molecule has 0 amide bonds. The Bertz CT molecular complexity index is 952. The number of carbonyl (C=O) groups excluding carboxylic acids is 1. The summed E-state index contributed by atoms with van der Waals surface area (Å²) >= 11 is 0. The fraction of sp³-hybridized carbons (Fsp3) is 0.125. The Hall–Kier alpha value is -3.73. The van der Waals surface area contributed by atoms with Crippen LogP contribution >= 0.6 is 0 Å². The fourth-order valence-electron chi connectivity index (χ4n) is 2.66. The number of rotatable bonds is 8. The van der Waals surface area contributed by atoms with Gasteiger partial charge < -0.3 is 18.9 Å². The van der Waals surface area contributed by atoms with Gasteiger partial charge in [0, 0.05) is 11.6 Å². The van der Waals surface area contributed by atoms with Gasteiger partial charge in [0.2, 0.25) is 0 Å². The molecule has 29 heavy (non-hydrogen) atoms. The summed E-state index contributed by atoms with van der Waals surface area (Å²) in [6.07, 6.45) is 2.11. The van der Waals surface area contributed by atoms with E-state index in [2.05, 4.69) is 0 Å². The minimum Gasteiger partial charge on any atom is -0.493 e. The van der Waals surface area contributed by atoms with Crippen LogP contribution in [0.25, 0.3) is 6.08 Å². The first-order valence-electron chi connectivity index (χ1n) is 9.07. The van der Waals surface area contributed by atoms with Gasteiger partial charge in [0.05, 0.1) is 14.2 Å². The van der Waals surface area contributed by atoms with Crippen molar-refractivity contribution in [3.63, 3.8) is 0 Å². The molecular formula is C24H22O5. The molecular weight excluding hydrogens is 368 g/mol. The lowest BCUT2D eigenvalue weighted by atomic mass is 10.2. The van der Waals surface area contributed by atoms with E-state index in [0.717, 1.165) is 5.56 Å². The third-order valence-corrected chi connectivity index (χ3v) is 4.10. The van der Waals surface area contributed by atoms with Crippen molar-refractivity contribution in [2.24, 2.45) is 0 Å². The SMILES string of the molecule is COc1ccc(C(OC(=O)/C=C/c2ccccc2)Oc2ccccc2)cc1OC. The standard InChI is InChI=1S/C24H22O5/c1-26-21-15-14-19(17-22(21)27-2)24(28-20-11-7-4-8-12-20)29-23(25)16-13-18-9-5-3-6-10-18/h3-17,24H,1-2H3/b16-13+. The normalized spacial score (nSPS) is 11.7. The van der Waals surface area contributed by atoms with Gasteiger partial charge >= 0.3 is 5.97 Å². The van der Waals surface area contributed by atoms with Crippen LogP contribution in [0.5, 0.6) is 17.2 Å². The smallest absolute Gasteiger partial charge is 0.334 e. The van der Waals surface area contributed by atoms with Crippen LogP contribution < -0.4 is 14.2 Å². The molecule has 5 nitrogen and oxygen atoms in total. The molecule has 3 aromatic rings. The number of ether oxygens (including phenoxy) is 4. The predicted octanol–water partition coefficient (Wildman–Crippen LogP) is 5.04. The van der Waals surface area contributed by atoms with Gasteiger partial charge in [-0.3, -0.25) is 0 Å². The van der Waals surface area contributed by atoms with Crippen molar-refractivity contribution >= 4 is 12.0 Å². The van der Waals surface area contributed by atoms with Crippen molar-refractivity contribution in [3.8, 4) is 17.2 Å². The van der Waals surface area contributed by atoms with Gasteiger partial charge in [0.15, 0.2) is 11.5 Å². The molecule has 0 saturated heterocycles. The van der Waals surface area contributed by atoms with Crippen molar-refractivity contribution < 1.29 is 23.7 Å². The first-order chi connectivity index (χ1) is 14.2. The summed E-state index contributed by atoms with van der Waals surface area (Å²) in [5, 5.41) is 0. The largest absolute Gasteiger partial charge is 0.493 e. The molecule has 0 aliphatic rings. The van der Waals surface area contributed by atoms with E-state index in [9.17, 15) is 4.79 Å². The molecule has 0 aliphatic carbocycles. The molecule has 0 aromatic heterocycles. The Morgan fingerprint density at radius 1 is 0.828 bits per heavy atom. The summed E-state index contributed by atoms with van der Waals surface area (Å²) in [5.74, 6) is 1.14. The van der Waals surface area contributed by atoms with Gasteiger partial charge in [-0.2, -0.15) is 0 Å². The van der Waals surface area contributed by atoms with Crippen LogP contribution in [-0.4, -0.2) is 20.2 Å². The van der Waals surface area contributed by atoms with E-state index in [1.165, 1.54) is 6.08 Å². The van der Waals surface area contributed by atoms with Crippen molar-refractivity contribution in [3.05, 3.63) is 96.1 Å². The van der Waals surface area contributed by atoms with E-state index >= 15 is 0 Å².